The fourth-order valence-corrected chi connectivity index (χ4v) is 3.49. The van der Waals surface area contributed by atoms with Gasteiger partial charge in [-0.05, 0) is 38.5 Å². The molecule has 110 valence electrons. The molecule has 1 aliphatic heterocycles. The third-order valence-corrected chi connectivity index (χ3v) is 4.85. The van der Waals surface area contributed by atoms with E-state index in [4.69, 9.17) is 5.73 Å². The number of aliphatic hydroxyl groups is 1. The van der Waals surface area contributed by atoms with Crippen molar-refractivity contribution in [1.82, 2.24) is 4.90 Å². The molecule has 1 heterocycles. The standard InChI is InChI=1S/C15H28N2O2/c1-11(18)13-7-8-17(10-13)15(19)6-5-12-3-2-4-14(16)9-12/h11-14,18H,2-10,16H2,1H3. The number of carbonyl (C=O) groups is 1. The Morgan fingerprint density at radius 1 is 1.42 bits per heavy atom. The van der Waals surface area contributed by atoms with E-state index >= 15 is 0 Å². The molecule has 2 fully saturated rings. The van der Waals surface area contributed by atoms with Crippen LogP contribution in [-0.2, 0) is 4.79 Å². The summed E-state index contributed by atoms with van der Waals surface area (Å²) >= 11 is 0. The Morgan fingerprint density at radius 2 is 2.21 bits per heavy atom. The SMILES string of the molecule is CC(O)C1CCN(C(=O)CCC2CCCC(N)C2)C1. The van der Waals surface area contributed by atoms with Crippen LogP contribution in [0.4, 0.5) is 0 Å². The van der Waals surface area contributed by atoms with Crippen molar-refractivity contribution in [2.45, 2.75) is 64.0 Å². The first-order chi connectivity index (χ1) is 9.06. The molecule has 0 radical (unpaired) electrons. The number of nitrogens with two attached hydrogens (primary N) is 1. The zero-order valence-corrected chi connectivity index (χ0v) is 12.1. The van der Waals surface area contributed by atoms with Crippen LogP contribution < -0.4 is 5.73 Å². The normalized spacial score (nSPS) is 33.4. The van der Waals surface area contributed by atoms with Gasteiger partial charge in [0.2, 0.25) is 5.91 Å². The van der Waals surface area contributed by atoms with Gasteiger partial charge in [-0.2, -0.15) is 0 Å². The smallest absolute Gasteiger partial charge is 0.222 e. The lowest BCUT2D eigenvalue weighted by atomic mass is 9.83. The highest BCUT2D eigenvalue weighted by atomic mass is 16.3. The number of rotatable bonds is 4. The number of likely N-dealkylation sites (tertiary alicyclic amines) is 1. The van der Waals surface area contributed by atoms with E-state index < -0.39 is 0 Å². The van der Waals surface area contributed by atoms with Gasteiger partial charge in [0, 0.05) is 31.5 Å². The summed E-state index contributed by atoms with van der Waals surface area (Å²) < 4.78 is 0. The monoisotopic (exact) mass is 268 g/mol. The predicted molar refractivity (Wildman–Crippen MR) is 75.5 cm³/mol. The lowest BCUT2D eigenvalue weighted by Gasteiger charge is -2.27. The average Bonchev–Trinajstić information content (AvgIpc) is 2.86. The molecule has 0 bridgehead atoms. The van der Waals surface area contributed by atoms with Gasteiger partial charge in [-0.1, -0.05) is 12.8 Å². The van der Waals surface area contributed by atoms with Crippen molar-refractivity contribution < 1.29 is 9.90 Å². The second-order valence-corrected chi connectivity index (χ2v) is 6.46. The molecule has 0 aromatic carbocycles. The number of hydrogen-bond donors (Lipinski definition) is 2. The van der Waals surface area contributed by atoms with Gasteiger partial charge in [-0.25, -0.2) is 0 Å². The van der Waals surface area contributed by atoms with Gasteiger partial charge in [-0.3, -0.25) is 4.79 Å². The molecule has 2 rings (SSSR count). The fourth-order valence-electron chi connectivity index (χ4n) is 3.49. The summed E-state index contributed by atoms with van der Waals surface area (Å²) in [5, 5.41) is 9.56. The largest absolute Gasteiger partial charge is 0.393 e. The van der Waals surface area contributed by atoms with Gasteiger partial charge in [0.25, 0.3) is 0 Å². The molecule has 4 heteroatoms. The zero-order chi connectivity index (χ0) is 13.8. The van der Waals surface area contributed by atoms with Crippen LogP contribution in [0.5, 0.6) is 0 Å². The quantitative estimate of drug-likeness (QED) is 0.812. The number of carbonyl (C=O) groups excluding carboxylic acids is 1. The maximum Gasteiger partial charge on any atom is 0.222 e. The van der Waals surface area contributed by atoms with Gasteiger partial charge < -0.3 is 15.7 Å². The summed E-state index contributed by atoms with van der Waals surface area (Å²) in [6.45, 7) is 3.38. The summed E-state index contributed by atoms with van der Waals surface area (Å²) in [7, 11) is 0. The molecule has 3 N–H and O–H groups in total. The van der Waals surface area contributed by atoms with Gasteiger partial charge in [0.05, 0.1) is 6.10 Å². The van der Waals surface area contributed by atoms with Crippen LogP contribution in [0.2, 0.25) is 0 Å². The molecule has 4 atom stereocenters. The third kappa shape index (κ3) is 4.18. The molecule has 1 saturated heterocycles. The van der Waals surface area contributed by atoms with Crippen LogP contribution in [0.25, 0.3) is 0 Å². The van der Waals surface area contributed by atoms with Crippen LogP contribution in [0.15, 0.2) is 0 Å². The molecular weight excluding hydrogens is 240 g/mol. The lowest BCUT2D eigenvalue weighted by molar-refractivity contribution is -0.130. The van der Waals surface area contributed by atoms with Crippen molar-refractivity contribution in [1.29, 1.82) is 0 Å². The molecule has 1 saturated carbocycles. The second kappa shape index (κ2) is 6.71. The van der Waals surface area contributed by atoms with Crippen LogP contribution in [-0.4, -0.2) is 41.1 Å². The van der Waals surface area contributed by atoms with Crippen LogP contribution in [0.1, 0.15) is 51.9 Å². The van der Waals surface area contributed by atoms with E-state index in [1.165, 1.54) is 12.8 Å². The first kappa shape index (κ1) is 14.8. The maximum absolute atomic E-state index is 12.2. The van der Waals surface area contributed by atoms with Crippen LogP contribution in [0, 0.1) is 11.8 Å². The average molecular weight is 268 g/mol. The Bertz CT molecular complexity index is 307. The first-order valence-corrected chi connectivity index (χ1v) is 7.77. The topological polar surface area (TPSA) is 66.6 Å². The van der Waals surface area contributed by atoms with Gasteiger partial charge in [0.15, 0.2) is 0 Å². The number of amides is 1. The summed E-state index contributed by atoms with van der Waals surface area (Å²) in [5.41, 5.74) is 5.98. The van der Waals surface area contributed by atoms with Crippen molar-refractivity contribution in [3.63, 3.8) is 0 Å². The van der Waals surface area contributed by atoms with E-state index in [2.05, 4.69) is 0 Å². The minimum atomic E-state index is -0.297. The zero-order valence-electron chi connectivity index (χ0n) is 12.1. The lowest BCUT2D eigenvalue weighted by Crippen LogP contribution is -2.32. The van der Waals surface area contributed by atoms with E-state index in [9.17, 15) is 9.90 Å². The van der Waals surface area contributed by atoms with Crippen molar-refractivity contribution in [2.24, 2.45) is 17.6 Å². The number of aliphatic hydroxyl groups excluding tert-OH is 1. The predicted octanol–water partition coefficient (Wildman–Crippen LogP) is 1.51. The highest BCUT2D eigenvalue weighted by molar-refractivity contribution is 5.76. The molecule has 1 amide bonds. The summed E-state index contributed by atoms with van der Waals surface area (Å²) in [4.78, 5) is 14.1. The Morgan fingerprint density at radius 3 is 2.84 bits per heavy atom. The molecule has 19 heavy (non-hydrogen) atoms. The fraction of sp³-hybridized carbons (Fsp3) is 0.933. The van der Waals surface area contributed by atoms with E-state index in [1.807, 2.05) is 11.8 Å². The van der Waals surface area contributed by atoms with Crippen molar-refractivity contribution in [3.8, 4) is 0 Å². The Balaban J connectivity index is 1.70. The maximum atomic E-state index is 12.2. The van der Waals surface area contributed by atoms with Crippen LogP contribution in [0.3, 0.4) is 0 Å². The highest BCUT2D eigenvalue weighted by Gasteiger charge is 2.29. The third-order valence-electron chi connectivity index (χ3n) is 4.85. The highest BCUT2D eigenvalue weighted by Crippen LogP contribution is 2.28. The molecule has 0 aromatic heterocycles. The molecule has 4 unspecified atom stereocenters. The van der Waals surface area contributed by atoms with Crippen LogP contribution >= 0.6 is 0 Å². The minimum Gasteiger partial charge on any atom is -0.393 e. The van der Waals surface area contributed by atoms with E-state index in [0.29, 0.717) is 18.4 Å². The minimum absolute atomic E-state index is 0.266. The molecule has 0 aromatic rings. The molecule has 4 nitrogen and oxygen atoms in total. The Labute approximate surface area is 116 Å². The number of nitrogens with zero attached hydrogens (tertiary/aromatic N) is 1. The summed E-state index contributed by atoms with van der Waals surface area (Å²) in [6, 6.07) is 0.347. The van der Waals surface area contributed by atoms with Crippen molar-refractivity contribution in [2.75, 3.05) is 13.1 Å². The Kier molecular flexibility index (Phi) is 5.22. The second-order valence-electron chi connectivity index (χ2n) is 6.46. The molecule has 0 spiro atoms. The summed E-state index contributed by atoms with van der Waals surface area (Å²) in [5.74, 6) is 1.18. The van der Waals surface area contributed by atoms with Gasteiger partial charge >= 0.3 is 0 Å². The molecule has 1 aliphatic carbocycles. The van der Waals surface area contributed by atoms with E-state index in [1.54, 1.807) is 0 Å². The molecule has 2 aliphatic rings. The van der Waals surface area contributed by atoms with Crippen molar-refractivity contribution in [3.05, 3.63) is 0 Å². The molecular formula is C15H28N2O2. The van der Waals surface area contributed by atoms with Crippen molar-refractivity contribution >= 4 is 5.91 Å². The summed E-state index contributed by atoms with van der Waals surface area (Å²) in [6.07, 6.45) is 6.97. The van der Waals surface area contributed by atoms with E-state index in [0.717, 1.165) is 38.8 Å². The first-order valence-electron chi connectivity index (χ1n) is 7.77. The van der Waals surface area contributed by atoms with Gasteiger partial charge in [-0.15, -0.1) is 0 Å². The van der Waals surface area contributed by atoms with E-state index in [-0.39, 0.29) is 17.9 Å². The number of hydrogen-bond acceptors (Lipinski definition) is 3. The van der Waals surface area contributed by atoms with Gasteiger partial charge in [0.1, 0.15) is 0 Å². The Hall–Kier alpha value is -0.610.